The summed E-state index contributed by atoms with van der Waals surface area (Å²) in [5.74, 6) is 1.12. The number of pyridine rings is 2. The SMILES string of the molecule is COc1cccc(-c2noc(-c3cnc(F)c(C)c3)n2)c1.Cc1cc(-c2nc(-c3cccc(O)c3)no2)cnc1F. The fourth-order valence-electron chi connectivity index (χ4n) is 3.67. The second-order valence-electron chi connectivity index (χ2n) is 8.79. The normalized spacial score (nSPS) is 10.7. The van der Waals surface area contributed by atoms with Gasteiger partial charge in [-0.25, -0.2) is 9.97 Å². The molecule has 4 aromatic heterocycles. The van der Waals surface area contributed by atoms with E-state index in [0.29, 0.717) is 51.1 Å². The molecule has 2 aromatic carbocycles. The van der Waals surface area contributed by atoms with Gasteiger partial charge in [-0.1, -0.05) is 34.6 Å². The third-order valence-corrected chi connectivity index (χ3v) is 5.81. The van der Waals surface area contributed by atoms with Gasteiger partial charge in [-0.15, -0.1) is 0 Å². The molecule has 0 spiro atoms. The summed E-state index contributed by atoms with van der Waals surface area (Å²) in [6, 6.07) is 17.1. The lowest BCUT2D eigenvalue weighted by molar-refractivity contribution is 0.414. The van der Waals surface area contributed by atoms with Crippen LogP contribution in [0, 0.1) is 25.7 Å². The lowest BCUT2D eigenvalue weighted by Crippen LogP contribution is -1.89. The second kappa shape index (κ2) is 11.7. The van der Waals surface area contributed by atoms with Crippen molar-refractivity contribution in [3.8, 4) is 57.2 Å². The zero-order valence-corrected chi connectivity index (χ0v) is 22.0. The molecule has 12 heteroatoms. The number of methoxy groups -OCH3 is 1. The van der Waals surface area contributed by atoms with Gasteiger partial charge in [0.2, 0.25) is 23.5 Å². The minimum atomic E-state index is -0.526. The van der Waals surface area contributed by atoms with Gasteiger partial charge in [-0.2, -0.15) is 18.7 Å². The Labute approximate surface area is 232 Å². The van der Waals surface area contributed by atoms with E-state index in [1.54, 1.807) is 51.3 Å². The fourth-order valence-corrected chi connectivity index (χ4v) is 3.67. The molecule has 0 aliphatic heterocycles. The van der Waals surface area contributed by atoms with Gasteiger partial charge in [0, 0.05) is 34.6 Å². The van der Waals surface area contributed by atoms with E-state index in [2.05, 4.69) is 30.2 Å². The molecule has 206 valence electrons. The maximum Gasteiger partial charge on any atom is 0.259 e. The van der Waals surface area contributed by atoms with Crippen molar-refractivity contribution >= 4 is 0 Å². The molecule has 6 rings (SSSR count). The first kappa shape index (κ1) is 27.1. The molecule has 41 heavy (non-hydrogen) atoms. The molecule has 0 saturated carbocycles. The highest BCUT2D eigenvalue weighted by Crippen LogP contribution is 2.26. The zero-order valence-electron chi connectivity index (χ0n) is 22.0. The Morgan fingerprint density at radius 2 is 1.20 bits per heavy atom. The lowest BCUT2D eigenvalue weighted by atomic mass is 10.2. The first-order valence-electron chi connectivity index (χ1n) is 12.2. The summed E-state index contributed by atoms with van der Waals surface area (Å²) in [5.41, 5.74) is 3.36. The molecule has 0 aliphatic rings. The summed E-state index contributed by atoms with van der Waals surface area (Å²) in [6.07, 6.45) is 2.70. The van der Waals surface area contributed by atoms with Crippen molar-refractivity contribution in [2.75, 3.05) is 7.11 Å². The van der Waals surface area contributed by atoms with Crippen LogP contribution in [0.25, 0.3) is 45.7 Å². The zero-order chi connectivity index (χ0) is 28.9. The molecule has 0 saturated heterocycles. The van der Waals surface area contributed by atoms with Crippen molar-refractivity contribution in [2.24, 2.45) is 0 Å². The fraction of sp³-hybridized carbons (Fsp3) is 0.103. The van der Waals surface area contributed by atoms with E-state index < -0.39 is 11.9 Å². The Morgan fingerprint density at radius 1 is 0.683 bits per heavy atom. The molecular formula is C29H22F2N6O4. The third-order valence-electron chi connectivity index (χ3n) is 5.81. The van der Waals surface area contributed by atoms with E-state index in [4.69, 9.17) is 13.8 Å². The number of hydrogen-bond donors (Lipinski definition) is 1. The van der Waals surface area contributed by atoms with Crippen LogP contribution >= 0.6 is 0 Å². The number of aryl methyl sites for hydroxylation is 2. The van der Waals surface area contributed by atoms with Crippen LogP contribution in [-0.2, 0) is 0 Å². The third kappa shape index (κ3) is 6.22. The van der Waals surface area contributed by atoms with Crippen LogP contribution in [0.4, 0.5) is 8.78 Å². The van der Waals surface area contributed by atoms with Crippen molar-refractivity contribution < 1.29 is 27.7 Å². The number of rotatable bonds is 5. The Bertz CT molecular complexity index is 1820. The molecule has 10 nitrogen and oxygen atoms in total. The maximum atomic E-state index is 13.2. The summed E-state index contributed by atoms with van der Waals surface area (Å²) in [5, 5.41) is 17.2. The average molecular weight is 557 g/mol. The predicted molar refractivity (Wildman–Crippen MR) is 144 cm³/mol. The molecule has 0 bridgehead atoms. The largest absolute Gasteiger partial charge is 0.508 e. The molecule has 0 fully saturated rings. The highest BCUT2D eigenvalue weighted by molar-refractivity contribution is 5.62. The summed E-state index contributed by atoms with van der Waals surface area (Å²) in [6.45, 7) is 3.24. The van der Waals surface area contributed by atoms with Crippen molar-refractivity contribution in [3.05, 3.63) is 96.1 Å². The lowest BCUT2D eigenvalue weighted by Gasteiger charge is -2.00. The number of aromatic hydroxyl groups is 1. The molecule has 1 N–H and O–H groups in total. The van der Waals surface area contributed by atoms with E-state index in [1.165, 1.54) is 18.5 Å². The highest BCUT2D eigenvalue weighted by atomic mass is 19.1. The minimum Gasteiger partial charge on any atom is -0.508 e. The summed E-state index contributed by atoms with van der Waals surface area (Å²) < 4.78 is 41.8. The van der Waals surface area contributed by atoms with Crippen molar-refractivity contribution in [1.82, 2.24) is 30.2 Å². The Balaban J connectivity index is 0.000000165. The van der Waals surface area contributed by atoms with Gasteiger partial charge < -0.3 is 18.9 Å². The molecule has 4 heterocycles. The first-order chi connectivity index (χ1) is 19.8. The summed E-state index contributed by atoms with van der Waals surface area (Å²) in [7, 11) is 1.59. The summed E-state index contributed by atoms with van der Waals surface area (Å²) >= 11 is 0. The number of benzene rings is 2. The van der Waals surface area contributed by atoms with Crippen LogP contribution in [-0.4, -0.2) is 42.5 Å². The molecule has 0 radical (unpaired) electrons. The smallest absolute Gasteiger partial charge is 0.259 e. The monoisotopic (exact) mass is 556 g/mol. The second-order valence-corrected chi connectivity index (χ2v) is 8.79. The maximum absolute atomic E-state index is 13.2. The van der Waals surface area contributed by atoms with Gasteiger partial charge in [-0.05, 0) is 50.2 Å². The number of phenolic OH excluding ortho intramolecular Hbond substituents is 1. The highest BCUT2D eigenvalue weighted by Gasteiger charge is 2.14. The average Bonchev–Trinajstić information content (AvgIpc) is 3.68. The molecule has 0 atom stereocenters. The standard InChI is InChI=1S/C15H12FN3O2.C14H10FN3O2/c1-9-6-11(8-17-13(9)16)15-18-14(19-21-15)10-4-3-5-12(7-10)20-2;1-8-5-10(7-16-12(8)15)14-17-13(18-20-14)9-3-2-4-11(19)6-9/h3-8H,1-2H3;2-7,19H,1H3. The van der Waals surface area contributed by atoms with Crippen LogP contribution in [0.1, 0.15) is 11.1 Å². The Morgan fingerprint density at radius 3 is 1.68 bits per heavy atom. The number of ether oxygens (including phenoxy) is 1. The topological polar surface area (TPSA) is 133 Å². The number of halogens is 2. The molecular weight excluding hydrogens is 534 g/mol. The van der Waals surface area contributed by atoms with E-state index in [1.807, 2.05) is 24.3 Å². The van der Waals surface area contributed by atoms with Crippen LogP contribution in [0.2, 0.25) is 0 Å². The molecule has 0 amide bonds. The molecule has 6 aromatic rings. The van der Waals surface area contributed by atoms with Gasteiger partial charge in [0.05, 0.1) is 18.2 Å². The molecule has 0 unspecified atom stereocenters. The van der Waals surface area contributed by atoms with Crippen LogP contribution in [0.3, 0.4) is 0 Å². The van der Waals surface area contributed by atoms with Crippen molar-refractivity contribution in [2.45, 2.75) is 13.8 Å². The number of phenols is 1. The first-order valence-corrected chi connectivity index (χ1v) is 12.2. The van der Waals surface area contributed by atoms with Gasteiger partial charge >= 0.3 is 0 Å². The van der Waals surface area contributed by atoms with E-state index in [9.17, 15) is 13.9 Å². The summed E-state index contributed by atoms with van der Waals surface area (Å²) in [4.78, 5) is 15.8. The quantitative estimate of drug-likeness (QED) is 0.244. The molecule has 0 aliphatic carbocycles. The van der Waals surface area contributed by atoms with E-state index in [0.717, 1.165) is 5.56 Å². The Kier molecular flexibility index (Phi) is 7.72. The van der Waals surface area contributed by atoms with Gasteiger partial charge in [-0.3, -0.25) is 0 Å². The van der Waals surface area contributed by atoms with Crippen LogP contribution < -0.4 is 4.74 Å². The predicted octanol–water partition coefficient (Wildman–Crippen LogP) is 6.21. The van der Waals surface area contributed by atoms with Crippen molar-refractivity contribution in [1.29, 1.82) is 0 Å². The van der Waals surface area contributed by atoms with Crippen LogP contribution in [0.15, 0.2) is 82.1 Å². The minimum absolute atomic E-state index is 0.119. The van der Waals surface area contributed by atoms with E-state index in [-0.39, 0.29) is 11.6 Å². The number of hydrogen-bond acceptors (Lipinski definition) is 10. The Hall–Kier alpha value is -5.52. The van der Waals surface area contributed by atoms with Gasteiger partial charge in [0.25, 0.3) is 11.8 Å². The number of aromatic nitrogens is 6. The van der Waals surface area contributed by atoms with Crippen LogP contribution in [0.5, 0.6) is 11.5 Å². The van der Waals surface area contributed by atoms with E-state index >= 15 is 0 Å². The van der Waals surface area contributed by atoms with Gasteiger partial charge in [0.1, 0.15) is 11.5 Å². The van der Waals surface area contributed by atoms with Gasteiger partial charge in [0.15, 0.2) is 0 Å². The van der Waals surface area contributed by atoms with Crippen molar-refractivity contribution in [3.63, 3.8) is 0 Å². The number of nitrogens with zero attached hydrogens (tertiary/aromatic N) is 6.